The molecule has 2 unspecified atom stereocenters. The van der Waals surface area contributed by atoms with Crippen molar-refractivity contribution in [1.29, 1.82) is 0 Å². The summed E-state index contributed by atoms with van der Waals surface area (Å²) >= 11 is 0. The lowest BCUT2D eigenvalue weighted by molar-refractivity contribution is -0.133. The van der Waals surface area contributed by atoms with Crippen LogP contribution in [0.4, 0.5) is 0 Å². The topological polar surface area (TPSA) is 72.6 Å². The van der Waals surface area contributed by atoms with Crippen LogP contribution < -0.4 is 10.5 Å². The first-order valence-electron chi connectivity index (χ1n) is 8.74. The summed E-state index contributed by atoms with van der Waals surface area (Å²) in [6, 6.07) is 7.27. The number of carbonyl (C=O) groups is 2. The largest absolute Gasteiger partial charge is 0.494 e. The quantitative estimate of drug-likeness (QED) is 0.593. The molecule has 1 aromatic carbocycles. The maximum absolute atomic E-state index is 12.3. The summed E-state index contributed by atoms with van der Waals surface area (Å²) < 4.78 is 5.65. The van der Waals surface area contributed by atoms with Crippen molar-refractivity contribution in [3.8, 4) is 5.75 Å². The molecule has 1 aromatic rings. The van der Waals surface area contributed by atoms with Crippen molar-refractivity contribution in [1.82, 2.24) is 4.90 Å². The van der Waals surface area contributed by atoms with Crippen LogP contribution in [-0.4, -0.2) is 42.3 Å². The summed E-state index contributed by atoms with van der Waals surface area (Å²) in [7, 11) is 0. The molecule has 1 aliphatic heterocycles. The van der Waals surface area contributed by atoms with Crippen LogP contribution in [0.5, 0.6) is 5.75 Å². The van der Waals surface area contributed by atoms with Gasteiger partial charge in [0.05, 0.1) is 6.61 Å². The van der Waals surface area contributed by atoms with Gasteiger partial charge in [-0.2, -0.15) is 0 Å². The molecule has 1 fully saturated rings. The van der Waals surface area contributed by atoms with Gasteiger partial charge in [0, 0.05) is 31.1 Å². The van der Waals surface area contributed by atoms with Gasteiger partial charge in [-0.3, -0.25) is 9.59 Å². The van der Waals surface area contributed by atoms with Gasteiger partial charge in [-0.25, -0.2) is 0 Å². The fourth-order valence-electron chi connectivity index (χ4n) is 3.04. The number of hydrogen-bond donors (Lipinski definition) is 1. The highest BCUT2D eigenvalue weighted by atomic mass is 35.5. The van der Waals surface area contributed by atoms with Gasteiger partial charge in [-0.15, -0.1) is 12.4 Å². The highest BCUT2D eigenvalue weighted by Gasteiger charge is 2.25. The number of benzene rings is 1. The van der Waals surface area contributed by atoms with E-state index in [1.807, 2.05) is 17.9 Å². The van der Waals surface area contributed by atoms with Crippen molar-refractivity contribution in [2.75, 3.05) is 19.7 Å². The van der Waals surface area contributed by atoms with Crippen LogP contribution in [-0.2, 0) is 4.79 Å². The van der Waals surface area contributed by atoms with Crippen molar-refractivity contribution in [2.24, 2.45) is 11.7 Å². The number of carbonyl (C=O) groups excluding carboxylic acids is 2. The Kier molecular flexibility index (Phi) is 8.93. The molecular formula is C19H29ClN2O3. The molecule has 5 nitrogen and oxygen atoms in total. The van der Waals surface area contributed by atoms with Gasteiger partial charge in [-0.05, 0) is 51.2 Å². The molecule has 1 aliphatic rings. The van der Waals surface area contributed by atoms with Crippen molar-refractivity contribution < 1.29 is 14.3 Å². The van der Waals surface area contributed by atoms with Gasteiger partial charge >= 0.3 is 0 Å². The summed E-state index contributed by atoms with van der Waals surface area (Å²) in [4.78, 5) is 25.6. The Morgan fingerprint density at radius 2 is 2.16 bits per heavy atom. The molecule has 0 bridgehead atoms. The van der Waals surface area contributed by atoms with E-state index in [0.29, 0.717) is 36.7 Å². The van der Waals surface area contributed by atoms with Crippen LogP contribution in [0.1, 0.15) is 49.9 Å². The Morgan fingerprint density at radius 3 is 2.84 bits per heavy atom. The fourth-order valence-corrected chi connectivity index (χ4v) is 3.04. The first-order valence-corrected chi connectivity index (χ1v) is 8.74. The Hall–Kier alpha value is -1.59. The van der Waals surface area contributed by atoms with E-state index < -0.39 is 0 Å². The monoisotopic (exact) mass is 368 g/mol. The SMILES string of the molecule is CC(=O)c1cccc(OCCCC(=O)N2CCCC(C(C)N)C2)c1.Cl. The van der Waals surface area contributed by atoms with Gasteiger partial charge in [0.1, 0.15) is 5.75 Å². The van der Waals surface area contributed by atoms with Crippen molar-refractivity contribution in [3.63, 3.8) is 0 Å². The number of likely N-dealkylation sites (tertiary alicyclic amines) is 1. The second-order valence-electron chi connectivity index (χ2n) is 6.64. The van der Waals surface area contributed by atoms with E-state index in [4.69, 9.17) is 10.5 Å². The summed E-state index contributed by atoms with van der Waals surface area (Å²) in [5, 5.41) is 0. The van der Waals surface area contributed by atoms with Crippen molar-refractivity contribution in [2.45, 2.75) is 45.6 Å². The summed E-state index contributed by atoms with van der Waals surface area (Å²) in [5.41, 5.74) is 6.60. The molecule has 1 heterocycles. The van der Waals surface area contributed by atoms with E-state index in [0.717, 1.165) is 25.9 Å². The predicted molar refractivity (Wildman–Crippen MR) is 101 cm³/mol. The van der Waals surface area contributed by atoms with Crippen LogP contribution in [0, 0.1) is 5.92 Å². The Morgan fingerprint density at radius 1 is 1.40 bits per heavy atom. The number of amides is 1. The van der Waals surface area contributed by atoms with E-state index in [9.17, 15) is 9.59 Å². The number of piperidine rings is 1. The molecule has 0 saturated carbocycles. The van der Waals surface area contributed by atoms with E-state index in [-0.39, 0.29) is 30.1 Å². The van der Waals surface area contributed by atoms with Gasteiger partial charge in [-0.1, -0.05) is 12.1 Å². The third-order valence-corrected chi connectivity index (χ3v) is 4.60. The number of nitrogens with zero attached hydrogens (tertiary/aromatic N) is 1. The minimum Gasteiger partial charge on any atom is -0.494 e. The normalized spacial score (nSPS) is 18.2. The molecule has 25 heavy (non-hydrogen) atoms. The highest BCUT2D eigenvalue weighted by Crippen LogP contribution is 2.20. The molecule has 1 amide bonds. The first-order chi connectivity index (χ1) is 11.5. The third-order valence-electron chi connectivity index (χ3n) is 4.60. The number of hydrogen-bond acceptors (Lipinski definition) is 4. The van der Waals surface area contributed by atoms with Crippen molar-refractivity contribution >= 4 is 24.1 Å². The second-order valence-corrected chi connectivity index (χ2v) is 6.64. The van der Waals surface area contributed by atoms with Gasteiger partial charge in [0.15, 0.2) is 5.78 Å². The highest BCUT2D eigenvalue weighted by molar-refractivity contribution is 5.94. The number of Topliss-reactive ketones (excluding diaryl/α,β-unsaturated/α-hetero) is 1. The second kappa shape index (κ2) is 10.4. The number of ketones is 1. The molecule has 0 aromatic heterocycles. The average Bonchev–Trinajstić information content (AvgIpc) is 2.58. The molecule has 0 spiro atoms. The number of rotatable bonds is 7. The molecule has 6 heteroatoms. The zero-order valence-corrected chi connectivity index (χ0v) is 15.9. The number of halogens is 1. The maximum Gasteiger partial charge on any atom is 0.222 e. The van der Waals surface area contributed by atoms with Crippen LogP contribution in [0.3, 0.4) is 0 Å². The molecule has 0 radical (unpaired) electrons. The minimum atomic E-state index is 0. The van der Waals surface area contributed by atoms with Gasteiger partial charge in [0.25, 0.3) is 0 Å². The average molecular weight is 369 g/mol. The lowest BCUT2D eigenvalue weighted by Gasteiger charge is -2.34. The van der Waals surface area contributed by atoms with Crippen molar-refractivity contribution in [3.05, 3.63) is 29.8 Å². The lowest BCUT2D eigenvalue weighted by atomic mass is 9.92. The Bertz CT molecular complexity index is 578. The number of ether oxygens (including phenoxy) is 1. The maximum atomic E-state index is 12.3. The summed E-state index contributed by atoms with van der Waals surface area (Å²) in [6.45, 7) is 5.63. The summed E-state index contributed by atoms with van der Waals surface area (Å²) in [6.07, 6.45) is 3.30. The predicted octanol–water partition coefficient (Wildman–Crippen LogP) is 3.06. The van der Waals surface area contributed by atoms with E-state index in [1.165, 1.54) is 6.92 Å². The van der Waals surface area contributed by atoms with Gasteiger partial charge < -0.3 is 15.4 Å². The molecule has 2 rings (SSSR count). The zero-order chi connectivity index (χ0) is 17.5. The molecule has 2 N–H and O–H groups in total. The van der Waals surface area contributed by atoms with E-state index >= 15 is 0 Å². The smallest absolute Gasteiger partial charge is 0.222 e. The fraction of sp³-hybridized carbons (Fsp3) is 0.579. The Balaban J connectivity index is 0.00000312. The zero-order valence-electron chi connectivity index (χ0n) is 15.1. The molecule has 2 atom stereocenters. The first kappa shape index (κ1) is 21.5. The van der Waals surface area contributed by atoms with Gasteiger partial charge in [0.2, 0.25) is 5.91 Å². The number of nitrogens with two attached hydrogens (primary N) is 1. The van der Waals surface area contributed by atoms with Crippen LogP contribution in [0.2, 0.25) is 0 Å². The molecule has 140 valence electrons. The Labute approximate surface area is 156 Å². The molecule has 0 aliphatic carbocycles. The molecule has 1 saturated heterocycles. The third kappa shape index (κ3) is 6.67. The standard InChI is InChI=1S/C19H28N2O3.ClH/c1-14(20)17-7-4-10-21(13-17)19(23)9-5-11-24-18-8-3-6-16(12-18)15(2)22;/h3,6,8,12,14,17H,4-5,7,9-11,13,20H2,1-2H3;1H. The van der Waals surface area contributed by atoms with E-state index in [1.54, 1.807) is 18.2 Å². The minimum absolute atomic E-state index is 0. The van der Waals surface area contributed by atoms with E-state index in [2.05, 4.69) is 0 Å². The van der Waals surface area contributed by atoms with Crippen LogP contribution in [0.25, 0.3) is 0 Å². The lowest BCUT2D eigenvalue weighted by Crippen LogP contribution is -2.45. The molecular weight excluding hydrogens is 340 g/mol. The van der Waals surface area contributed by atoms with Crippen LogP contribution >= 0.6 is 12.4 Å². The summed E-state index contributed by atoms with van der Waals surface area (Å²) in [5.74, 6) is 1.28. The van der Waals surface area contributed by atoms with Crippen LogP contribution in [0.15, 0.2) is 24.3 Å².